The van der Waals surface area contributed by atoms with Gasteiger partial charge in [0, 0.05) is 0 Å². The third-order valence-electron chi connectivity index (χ3n) is 1.23. The van der Waals surface area contributed by atoms with Crippen LogP contribution in [0.5, 0.6) is 0 Å². The highest BCUT2D eigenvalue weighted by molar-refractivity contribution is 4.83. The van der Waals surface area contributed by atoms with E-state index in [4.69, 9.17) is 5.11 Å². The maximum absolute atomic E-state index is 8.92. The molecule has 0 amide bonds. The van der Waals surface area contributed by atoms with Gasteiger partial charge in [0.1, 0.15) is 0 Å². The minimum absolute atomic E-state index is 0.170. The number of allylic oxidation sites excluding steroid dienone is 2. The number of aliphatic hydroxyl groups is 1. The van der Waals surface area contributed by atoms with Crippen molar-refractivity contribution in [2.45, 2.75) is 33.3 Å². The van der Waals surface area contributed by atoms with E-state index in [1.807, 2.05) is 19.9 Å². The summed E-state index contributed by atoms with van der Waals surface area (Å²) in [5.41, 5.74) is 0. The van der Waals surface area contributed by atoms with Crippen LogP contribution in [-0.2, 0) is 0 Å². The highest BCUT2D eigenvalue weighted by Crippen LogP contribution is 2.06. The molecule has 0 saturated heterocycles. The van der Waals surface area contributed by atoms with E-state index in [0.29, 0.717) is 5.92 Å². The van der Waals surface area contributed by atoms with Gasteiger partial charge in [-0.3, -0.25) is 0 Å². The summed E-state index contributed by atoms with van der Waals surface area (Å²) in [7, 11) is 0. The monoisotopic (exact) mass is 128 g/mol. The zero-order valence-electron chi connectivity index (χ0n) is 6.46. The molecule has 0 fully saturated rings. The molecule has 1 N–H and O–H groups in total. The fourth-order valence-corrected chi connectivity index (χ4v) is 0.945. The number of hydrogen-bond donors (Lipinski definition) is 1. The van der Waals surface area contributed by atoms with E-state index in [1.165, 1.54) is 0 Å². The average molecular weight is 128 g/mol. The van der Waals surface area contributed by atoms with Crippen LogP contribution in [0, 0.1) is 5.92 Å². The van der Waals surface area contributed by atoms with Crippen LogP contribution < -0.4 is 0 Å². The molecule has 0 aromatic carbocycles. The van der Waals surface area contributed by atoms with Crippen LogP contribution in [0.15, 0.2) is 12.2 Å². The maximum Gasteiger partial charge on any atom is 0.0517 e. The molecule has 9 heavy (non-hydrogen) atoms. The topological polar surface area (TPSA) is 20.2 Å². The number of rotatable bonds is 3. The molecule has 0 aromatic heterocycles. The number of hydrogen-bond acceptors (Lipinski definition) is 1. The van der Waals surface area contributed by atoms with Gasteiger partial charge in [0.2, 0.25) is 0 Å². The zero-order chi connectivity index (χ0) is 7.28. The third-order valence-corrected chi connectivity index (χ3v) is 1.23. The SMILES string of the molecule is C/C=C/[C@H](C)C[C@@H](C)O. The van der Waals surface area contributed by atoms with Crippen molar-refractivity contribution in [2.75, 3.05) is 0 Å². The molecular formula is C8H16O. The molecule has 0 spiro atoms. The molecule has 0 aliphatic heterocycles. The molecule has 0 unspecified atom stereocenters. The molecule has 0 bridgehead atoms. The zero-order valence-corrected chi connectivity index (χ0v) is 6.46. The van der Waals surface area contributed by atoms with E-state index in [2.05, 4.69) is 13.0 Å². The summed E-state index contributed by atoms with van der Waals surface area (Å²) in [6, 6.07) is 0. The van der Waals surface area contributed by atoms with Gasteiger partial charge in [0.25, 0.3) is 0 Å². The minimum atomic E-state index is -0.170. The summed E-state index contributed by atoms with van der Waals surface area (Å²) < 4.78 is 0. The van der Waals surface area contributed by atoms with Crippen LogP contribution >= 0.6 is 0 Å². The van der Waals surface area contributed by atoms with Crippen molar-refractivity contribution in [3.8, 4) is 0 Å². The van der Waals surface area contributed by atoms with Crippen molar-refractivity contribution in [1.29, 1.82) is 0 Å². The summed E-state index contributed by atoms with van der Waals surface area (Å²) in [6.07, 6.45) is 4.82. The Bertz CT molecular complexity index is 84.6. The van der Waals surface area contributed by atoms with Crippen molar-refractivity contribution in [2.24, 2.45) is 5.92 Å². The highest BCUT2D eigenvalue weighted by atomic mass is 16.3. The van der Waals surface area contributed by atoms with Crippen LogP contribution in [0.3, 0.4) is 0 Å². The molecule has 2 atom stereocenters. The van der Waals surface area contributed by atoms with Crippen molar-refractivity contribution >= 4 is 0 Å². The van der Waals surface area contributed by atoms with Gasteiger partial charge in [-0.05, 0) is 26.2 Å². The summed E-state index contributed by atoms with van der Waals surface area (Å²) in [4.78, 5) is 0. The van der Waals surface area contributed by atoms with E-state index >= 15 is 0 Å². The van der Waals surface area contributed by atoms with Crippen LogP contribution in [0.2, 0.25) is 0 Å². The Hall–Kier alpha value is -0.300. The molecular weight excluding hydrogens is 112 g/mol. The highest BCUT2D eigenvalue weighted by Gasteiger charge is 2.00. The van der Waals surface area contributed by atoms with E-state index in [-0.39, 0.29) is 6.10 Å². The first-order chi connectivity index (χ1) is 4.16. The predicted octanol–water partition coefficient (Wildman–Crippen LogP) is 1.97. The van der Waals surface area contributed by atoms with Gasteiger partial charge < -0.3 is 5.11 Å². The van der Waals surface area contributed by atoms with E-state index in [0.717, 1.165) is 6.42 Å². The Kier molecular flexibility index (Phi) is 4.41. The molecule has 0 saturated carbocycles. The third kappa shape index (κ3) is 5.57. The van der Waals surface area contributed by atoms with E-state index in [1.54, 1.807) is 0 Å². The van der Waals surface area contributed by atoms with E-state index < -0.39 is 0 Å². The first-order valence-electron chi connectivity index (χ1n) is 3.47. The van der Waals surface area contributed by atoms with Crippen molar-refractivity contribution in [1.82, 2.24) is 0 Å². The van der Waals surface area contributed by atoms with Crippen LogP contribution in [-0.4, -0.2) is 11.2 Å². The van der Waals surface area contributed by atoms with Crippen molar-refractivity contribution in [3.05, 3.63) is 12.2 Å². The van der Waals surface area contributed by atoms with Gasteiger partial charge in [-0.25, -0.2) is 0 Å². The lowest BCUT2D eigenvalue weighted by molar-refractivity contribution is 0.172. The number of aliphatic hydroxyl groups excluding tert-OH is 1. The van der Waals surface area contributed by atoms with Gasteiger partial charge in [0.15, 0.2) is 0 Å². The van der Waals surface area contributed by atoms with Gasteiger partial charge in [0.05, 0.1) is 6.10 Å². The molecule has 0 aliphatic rings. The molecule has 54 valence electrons. The molecule has 0 aromatic rings. The normalized spacial score (nSPS) is 18.2. The van der Waals surface area contributed by atoms with Gasteiger partial charge in [-0.15, -0.1) is 0 Å². The molecule has 0 aliphatic carbocycles. The summed E-state index contributed by atoms with van der Waals surface area (Å²) >= 11 is 0. The van der Waals surface area contributed by atoms with Crippen LogP contribution in [0.1, 0.15) is 27.2 Å². The lowest BCUT2D eigenvalue weighted by atomic mass is 10.0. The second-order valence-electron chi connectivity index (χ2n) is 2.59. The van der Waals surface area contributed by atoms with E-state index in [9.17, 15) is 0 Å². The fourth-order valence-electron chi connectivity index (χ4n) is 0.945. The lowest BCUT2D eigenvalue weighted by Crippen LogP contribution is -2.04. The molecule has 0 heterocycles. The summed E-state index contributed by atoms with van der Waals surface area (Å²) in [5, 5.41) is 8.92. The minimum Gasteiger partial charge on any atom is -0.393 e. The second kappa shape index (κ2) is 4.57. The smallest absolute Gasteiger partial charge is 0.0517 e. The average Bonchev–Trinajstić information content (AvgIpc) is 1.63. The largest absolute Gasteiger partial charge is 0.393 e. The standard InChI is InChI=1S/C8H16O/c1-4-5-7(2)6-8(3)9/h4-5,7-9H,6H2,1-3H3/b5-4+/t7-,8+/m0/s1. The quantitative estimate of drug-likeness (QED) is 0.576. The van der Waals surface area contributed by atoms with Gasteiger partial charge in [-0.1, -0.05) is 19.1 Å². The Morgan fingerprint density at radius 1 is 1.44 bits per heavy atom. The Balaban J connectivity index is 3.38. The lowest BCUT2D eigenvalue weighted by Gasteiger charge is -2.06. The Labute approximate surface area is 57.4 Å². The maximum atomic E-state index is 8.92. The van der Waals surface area contributed by atoms with Gasteiger partial charge in [-0.2, -0.15) is 0 Å². The van der Waals surface area contributed by atoms with Crippen LogP contribution in [0.25, 0.3) is 0 Å². The molecule has 0 rings (SSSR count). The van der Waals surface area contributed by atoms with Crippen LogP contribution in [0.4, 0.5) is 0 Å². The Morgan fingerprint density at radius 3 is 2.33 bits per heavy atom. The fraction of sp³-hybridized carbons (Fsp3) is 0.750. The first kappa shape index (κ1) is 8.70. The Morgan fingerprint density at radius 2 is 2.00 bits per heavy atom. The second-order valence-corrected chi connectivity index (χ2v) is 2.59. The summed E-state index contributed by atoms with van der Waals surface area (Å²) in [5.74, 6) is 0.509. The molecule has 1 heteroatoms. The first-order valence-corrected chi connectivity index (χ1v) is 3.47. The predicted molar refractivity (Wildman–Crippen MR) is 40.3 cm³/mol. The molecule has 0 radical (unpaired) electrons. The molecule has 1 nitrogen and oxygen atoms in total. The van der Waals surface area contributed by atoms with Gasteiger partial charge >= 0.3 is 0 Å². The summed E-state index contributed by atoms with van der Waals surface area (Å²) in [6.45, 7) is 5.92. The van der Waals surface area contributed by atoms with Crippen molar-refractivity contribution < 1.29 is 5.11 Å². The van der Waals surface area contributed by atoms with Crippen molar-refractivity contribution in [3.63, 3.8) is 0 Å².